The van der Waals surface area contributed by atoms with Crippen molar-refractivity contribution >= 4 is 11.4 Å². The molecule has 1 aromatic rings. The molecule has 0 aliphatic heterocycles. The highest BCUT2D eigenvalue weighted by Crippen LogP contribution is 2.38. The predicted molar refractivity (Wildman–Crippen MR) is 62.0 cm³/mol. The summed E-state index contributed by atoms with van der Waals surface area (Å²) in [6.45, 7) is 0.865. The van der Waals surface area contributed by atoms with Crippen molar-refractivity contribution in [2.24, 2.45) is 0 Å². The minimum atomic E-state index is -4.20. The van der Waals surface area contributed by atoms with Crippen molar-refractivity contribution in [2.75, 3.05) is 17.2 Å². The lowest BCUT2D eigenvalue weighted by Crippen LogP contribution is -2.36. The van der Waals surface area contributed by atoms with Gasteiger partial charge >= 0.3 is 6.18 Å². The molecule has 1 aliphatic rings. The van der Waals surface area contributed by atoms with Crippen molar-refractivity contribution in [3.63, 3.8) is 0 Å². The molecule has 5 heteroatoms. The third-order valence-corrected chi connectivity index (χ3v) is 2.89. The number of anilines is 2. The van der Waals surface area contributed by atoms with Gasteiger partial charge in [-0.1, -0.05) is 12.1 Å². The Morgan fingerprint density at radius 1 is 1.35 bits per heavy atom. The molecule has 2 rings (SSSR count). The summed E-state index contributed by atoms with van der Waals surface area (Å²) in [5.41, 5.74) is 7.54. The van der Waals surface area contributed by atoms with E-state index in [-0.39, 0.29) is 6.04 Å². The number of alkyl halides is 3. The molecule has 0 saturated heterocycles. The molecule has 17 heavy (non-hydrogen) atoms. The van der Waals surface area contributed by atoms with Crippen LogP contribution in [0.2, 0.25) is 0 Å². The second-order valence-corrected chi connectivity index (χ2v) is 4.49. The fourth-order valence-electron chi connectivity index (χ4n) is 2.04. The van der Waals surface area contributed by atoms with Gasteiger partial charge in [0.15, 0.2) is 0 Å². The molecule has 1 saturated carbocycles. The molecule has 2 nitrogen and oxygen atoms in total. The first-order valence-corrected chi connectivity index (χ1v) is 5.57. The maximum absolute atomic E-state index is 12.6. The lowest BCUT2D eigenvalue weighted by molar-refractivity contribution is -0.119. The van der Waals surface area contributed by atoms with E-state index >= 15 is 0 Å². The largest absolute Gasteiger partial charge is 0.405 e. The van der Waals surface area contributed by atoms with Crippen LogP contribution in [-0.4, -0.2) is 18.8 Å². The van der Waals surface area contributed by atoms with E-state index in [1.54, 1.807) is 25.1 Å². The van der Waals surface area contributed by atoms with Gasteiger partial charge < -0.3 is 10.6 Å². The molecule has 1 aliphatic carbocycles. The Labute approximate surface area is 98.2 Å². The molecule has 2 N–H and O–H groups in total. The normalized spacial score (nSPS) is 16.0. The quantitative estimate of drug-likeness (QED) is 0.828. The maximum atomic E-state index is 12.6. The Bertz CT molecular complexity index is 390. The van der Waals surface area contributed by atoms with Gasteiger partial charge in [-0.15, -0.1) is 0 Å². The molecule has 0 bridgehead atoms. The standard InChI is InChI=1S/C12H15F3N2/c1-8-3-2-4-10(16)11(8)17(9-5-6-9)7-12(13,14)15/h2-4,9H,5-7,16H2,1H3. The van der Waals surface area contributed by atoms with Gasteiger partial charge in [-0.25, -0.2) is 0 Å². The van der Waals surface area contributed by atoms with Gasteiger partial charge in [0, 0.05) is 6.04 Å². The van der Waals surface area contributed by atoms with Crippen LogP contribution in [0.25, 0.3) is 0 Å². The minimum Gasteiger partial charge on any atom is -0.397 e. The summed E-state index contributed by atoms with van der Waals surface area (Å²) in [7, 11) is 0. The highest BCUT2D eigenvalue weighted by molar-refractivity contribution is 5.72. The van der Waals surface area contributed by atoms with Crippen molar-refractivity contribution in [3.05, 3.63) is 23.8 Å². The van der Waals surface area contributed by atoms with Gasteiger partial charge in [0.05, 0.1) is 11.4 Å². The predicted octanol–water partition coefficient (Wildman–Crippen LogP) is 3.11. The van der Waals surface area contributed by atoms with Crippen molar-refractivity contribution in [2.45, 2.75) is 32.0 Å². The summed E-state index contributed by atoms with van der Waals surface area (Å²) < 4.78 is 37.7. The van der Waals surface area contributed by atoms with Gasteiger partial charge in [0.1, 0.15) is 6.54 Å². The number of hydrogen-bond donors (Lipinski definition) is 1. The monoisotopic (exact) mass is 244 g/mol. The summed E-state index contributed by atoms with van der Waals surface area (Å²) in [6.07, 6.45) is -2.58. The minimum absolute atomic E-state index is 0.0139. The lowest BCUT2D eigenvalue weighted by Gasteiger charge is -2.28. The number of benzene rings is 1. The van der Waals surface area contributed by atoms with Crippen LogP contribution < -0.4 is 10.6 Å². The van der Waals surface area contributed by atoms with E-state index in [4.69, 9.17) is 5.73 Å². The Kier molecular flexibility index (Phi) is 2.93. The van der Waals surface area contributed by atoms with E-state index in [1.807, 2.05) is 0 Å². The zero-order valence-corrected chi connectivity index (χ0v) is 9.59. The van der Waals surface area contributed by atoms with E-state index in [0.717, 1.165) is 18.4 Å². The van der Waals surface area contributed by atoms with Crippen LogP contribution in [0.5, 0.6) is 0 Å². The average Bonchev–Trinajstić information content (AvgIpc) is 2.96. The zero-order valence-electron chi connectivity index (χ0n) is 9.59. The molecule has 0 unspecified atom stereocenters. The second-order valence-electron chi connectivity index (χ2n) is 4.49. The summed E-state index contributed by atoms with van der Waals surface area (Å²) in [5.74, 6) is 0. The zero-order chi connectivity index (χ0) is 12.6. The van der Waals surface area contributed by atoms with E-state index in [0.29, 0.717) is 11.4 Å². The number of nitrogen functional groups attached to an aromatic ring is 1. The Hall–Kier alpha value is -1.39. The summed E-state index contributed by atoms with van der Waals surface area (Å²) in [5, 5.41) is 0. The number of halogens is 3. The van der Waals surface area contributed by atoms with E-state index in [1.165, 1.54) is 4.90 Å². The van der Waals surface area contributed by atoms with Gasteiger partial charge in [-0.3, -0.25) is 0 Å². The first-order chi connectivity index (χ1) is 7.88. The highest BCUT2D eigenvalue weighted by Gasteiger charge is 2.39. The second kappa shape index (κ2) is 4.13. The van der Waals surface area contributed by atoms with E-state index in [9.17, 15) is 13.2 Å². The topological polar surface area (TPSA) is 29.3 Å². The highest BCUT2D eigenvalue weighted by atomic mass is 19.4. The van der Waals surface area contributed by atoms with Crippen molar-refractivity contribution in [1.82, 2.24) is 0 Å². The van der Waals surface area contributed by atoms with Gasteiger partial charge in [-0.05, 0) is 31.4 Å². The van der Waals surface area contributed by atoms with Gasteiger partial charge in [0.25, 0.3) is 0 Å². The van der Waals surface area contributed by atoms with Crippen LogP contribution in [0.1, 0.15) is 18.4 Å². The average molecular weight is 244 g/mol. The molecule has 0 atom stereocenters. The molecule has 1 fully saturated rings. The fourth-order valence-corrected chi connectivity index (χ4v) is 2.04. The molecule has 0 radical (unpaired) electrons. The van der Waals surface area contributed by atoms with E-state index < -0.39 is 12.7 Å². The molecule has 94 valence electrons. The first-order valence-electron chi connectivity index (χ1n) is 5.57. The van der Waals surface area contributed by atoms with Crippen LogP contribution in [-0.2, 0) is 0 Å². The number of nitrogens with two attached hydrogens (primary N) is 1. The van der Waals surface area contributed by atoms with Gasteiger partial charge in [-0.2, -0.15) is 13.2 Å². The number of para-hydroxylation sites is 1. The molecular weight excluding hydrogens is 229 g/mol. The number of aryl methyl sites for hydroxylation is 1. The van der Waals surface area contributed by atoms with Crippen molar-refractivity contribution < 1.29 is 13.2 Å². The number of rotatable bonds is 3. The molecule has 0 heterocycles. The Morgan fingerprint density at radius 3 is 2.47 bits per heavy atom. The summed E-state index contributed by atoms with van der Waals surface area (Å²) in [6, 6.07) is 5.18. The summed E-state index contributed by atoms with van der Waals surface area (Å²) in [4.78, 5) is 1.39. The van der Waals surface area contributed by atoms with Crippen LogP contribution in [0.3, 0.4) is 0 Å². The third-order valence-electron chi connectivity index (χ3n) is 2.89. The SMILES string of the molecule is Cc1cccc(N)c1N(CC(F)(F)F)C1CC1. The Balaban J connectivity index is 2.32. The molecule has 0 amide bonds. The van der Waals surface area contributed by atoms with Crippen LogP contribution >= 0.6 is 0 Å². The van der Waals surface area contributed by atoms with E-state index in [2.05, 4.69) is 0 Å². The first kappa shape index (κ1) is 12.1. The van der Waals surface area contributed by atoms with Crippen LogP contribution in [0.15, 0.2) is 18.2 Å². The maximum Gasteiger partial charge on any atom is 0.405 e. The lowest BCUT2D eigenvalue weighted by atomic mass is 10.1. The van der Waals surface area contributed by atoms with Crippen LogP contribution in [0.4, 0.5) is 24.5 Å². The fraction of sp³-hybridized carbons (Fsp3) is 0.500. The van der Waals surface area contributed by atoms with Gasteiger partial charge in [0.2, 0.25) is 0 Å². The third kappa shape index (κ3) is 2.84. The number of nitrogens with zero attached hydrogens (tertiary/aromatic N) is 1. The smallest absolute Gasteiger partial charge is 0.397 e. The Morgan fingerprint density at radius 2 is 2.00 bits per heavy atom. The van der Waals surface area contributed by atoms with Crippen molar-refractivity contribution in [3.8, 4) is 0 Å². The summed E-state index contributed by atoms with van der Waals surface area (Å²) >= 11 is 0. The molecule has 1 aromatic carbocycles. The van der Waals surface area contributed by atoms with Crippen LogP contribution in [0, 0.1) is 6.92 Å². The molecule has 0 spiro atoms. The molecule has 0 aromatic heterocycles. The van der Waals surface area contributed by atoms with Crippen molar-refractivity contribution in [1.29, 1.82) is 0 Å². The molecular formula is C12H15F3N2. The number of hydrogen-bond acceptors (Lipinski definition) is 2.